The Balaban J connectivity index is 2.30. The van der Waals surface area contributed by atoms with Crippen molar-refractivity contribution in [2.45, 2.75) is 11.6 Å². The summed E-state index contributed by atoms with van der Waals surface area (Å²) < 4.78 is 12.5. The number of hydrogen-bond acceptors (Lipinski definition) is 3. The minimum atomic E-state index is -3.76. The standard InChI is InChI=1S/C14H17N2O2P/c15-13(11-7-3-1-4-8-11)19(17,18)14(16)12-9-5-2-6-10-12/h1-10,13-14H,15-16H2,(H,17,18)/t13-,14-/m0/s1. The third-order valence-corrected chi connectivity index (χ3v) is 5.27. The van der Waals surface area contributed by atoms with Crippen molar-refractivity contribution in [2.24, 2.45) is 11.5 Å². The first-order valence-electron chi connectivity index (χ1n) is 5.96. The third-order valence-electron chi connectivity index (χ3n) is 3.08. The largest absolute Gasteiger partial charge is 0.342 e. The van der Waals surface area contributed by atoms with Crippen LogP contribution in [0.2, 0.25) is 0 Å². The van der Waals surface area contributed by atoms with Gasteiger partial charge in [0.2, 0.25) is 7.37 Å². The van der Waals surface area contributed by atoms with Crippen molar-refractivity contribution in [1.29, 1.82) is 0 Å². The molecule has 2 aromatic rings. The second-order valence-electron chi connectivity index (χ2n) is 4.38. The summed E-state index contributed by atoms with van der Waals surface area (Å²) in [7, 11) is -3.76. The van der Waals surface area contributed by atoms with E-state index in [0.717, 1.165) is 0 Å². The van der Waals surface area contributed by atoms with Gasteiger partial charge in [0.15, 0.2) is 0 Å². The summed E-state index contributed by atoms with van der Waals surface area (Å²) in [5.41, 5.74) is 13.1. The van der Waals surface area contributed by atoms with Gasteiger partial charge in [-0.2, -0.15) is 0 Å². The lowest BCUT2D eigenvalue weighted by Crippen LogP contribution is -2.20. The molecule has 5 N–H and O–H groups in total. The molecule has 0 bridgehead atoms. The van der Waals surface area contributed by atoms with Crippen LogP contribution in [-0.4, -0.2) is 4.89 Å². The Morgan fingerprint density at radius 3 is 1.42 bits per heavy atom. The molecule has 4 nitrogen and oxygen atoms in total. The van der Waals surface area contributed by atoms with Crippen molar-refractivity contribution in [3.05, 3.63) is 71.8 Å². The third kappa shape index (κ3) is 2.94. The summed E-state index contributed by atoms with van der Waals surface area (Å²) in [6, 6.07) is 17.7. The molecule has 2 rings (SSSR count). The number of hydrogen-bond donors (Lipinski definition) is 3. The van der Waals surface area contributed by atoms with E-state index in [-0.39, 0.29) is 0 Å². The highest BCUT2D eigenvalue weighted by atomic mass is 31.2. The van der Waals surface area contributed by atoms with Crippen molar-refractivity contribution in [3.8, 4) is 0 Å². The summed E-state index contributed by atoms with van der Waals surface area (Å²) in [5, 5.41) is 0. The zero-order valence-corrected chi connectivity index (χ0v) is 11.3. The van der Waals surface area contributed by atoms with Gasteiger partial charge in [0.1, 0.15) is 11.6 Å². The predicted octanol–water partition coefficient (Wildman–Crippen LogP) is 2.57. The highest BCUT2D eigenvalue weighted by Crippen LogP contribution is 2.61. The SMILES string of the molecule is N[C@H](c1ccccc1)P(=O)(O)[C@H](N)c1ccccc1. The van der Waals surface area contributed by atoms with E-state index in [0.29, 0.717) is 11.1 Å². The molecule has 0 aliphatic heterocycles. The Hall–Kier alpha value is -1.45. The van der Waals surface area contributed by atoms with Crippen LogP contribution in [0.5, 0.6) is 0 Å². The fourth-order valence-corrected chi connectivity index (χ4v) is 3.45. The molecule has 2 aromatic carbocycles. The van der Waals surface area contributed by atoms with Crippen LogP contribution < -0.4 is 11.5 Å². The molecule has 19 heavy (non-hydrogen) atoms. The average Bonchev–Trinajstić information content (AvgIpc) is 2.47. The second kappa shape index (κ2) is 5.68. The normalized spacial score (nSPS) is 14.9. The van der Waals surface area contributed by atoms with Crippen LogP contribution in [-0.2, 0) is 4.57 Å². The van der Waals surface area contributed by atoms with Crippen LogP contribution in [0.1, 0.15) is 22.7 Å². The molecule has 2 atom stereocenters. The lowest BCUT2D eigenvalue weighted by Gasteiger charge is -2.25. The van der Waals surface area contributed by atoms with Crippen LogP contribution >= 0.6 is 7.37 Å². The quantitative estimate of drug-likeness (QED) is 0.749. The fourth-order valence-electron chi connectivity index (χ4n) is 1.90. The molecule has 0 spiro atoms. The van der Waals surface area contributed by atoms with Gasteiger partial charge in [0, 0.05) is 0 Å². The van der Waals surface area contributed by atoms with E-state index < -0.39 is 18.9 Å². The highest BCUT2D eigenvalue weighted by molar-refractivity contribution is 7.58. The molecule has 0 amide bonds. The van der Waals surface area contributed by atoms with Crippen molar-refractivity contribution in [2.75, 3.05) is 0 Å². The van der Waals surface area contributed by atoms with Gasteiger partial charge in [0.05, 0.1) is 0 Å². The molecule has 0 saturated heterocycles. The van der Waals surface area contributed by atoms with Crippen molar-refractivity contribution >= 4 is 7.37 Å². The van der Waals surface area contributed by atoms with Crippen molar-refractivity contribution in [3.63, 3.8) is 0 Å². The van der Waals surface area contributed by atoms with E-state index in [1.54, 1.807) is 48.5 Å². The lowest BCUT2D eigenvalue weighted by molar-refractivity contribution is 0.451. The Labute approximate surface area is 112 Å². The van der Waals surface area contributed by atoms with Gasteiger partial charge in [-0.3, -0.25) is 4.57 Å². The van der Waals surface area contributed by atoms with Gasteiger partial charge in [-0.25, -0.2) is 0 Å². The maximum absolute atomic E-state index is 12.5. The van der Waals surface area contributed by atoms with E-state index in [2.05, 4.69) is 0 Å². The minimum absolute atomic E-state index is 0.611. The smallest absolute Gasteiger partial charge is 0.241 e. The molecule has 0 aliphatic carbocycles. The van der Waals surface area contributed by atoms with Crippen molar-refractivity contribution < 1.29 is 9.46 Å². The topological polar surface area (TPSA) is 89.3 Å². The van der Waals surface area contributed by atoms with E-state index in [1.165, 1.54) is 0 Å². The zero-order valence-electron chi connectivity index (χ0n) is 10.4. The predicted molar refractivity (Wildman–Crippen MR) is 76.6 cm³/mol. The lowest BCUT2D eigenvalue weighted by atomic mass is 10.2. The van der Waals surface area contributed by atoms with Crippen LogP contribution in [0.15, 0.2) is 60.7 Å². The molecule has 5 heteroatoms. The van der Waals surface area contributed by atoms with Gasteiger partial charge >= 0.3 is 0 Å². The monoisotopic (exact) mass is 276 g/mol. The minimum Gasteiger partial charge on any atom is -0.342 e. The van der Waals surface area contributed by atoms with Crippen LogP contribution in [0.4, 0.5) is 0 Å². The first-order chi connectivity index (χ1) is 9.03. The Morgan fingerprint density at radius 1 is 0.789 bits per heavy atom. The number of nitrogens with two attached hydrogens (primary N) is 2. The molecule has 0 aromatic heterocycles. The van der Waals surface area contributed by atoms with Gasteiger partial charge in [-0.15, -0.1) is 0 Å². The second-order valence-corrected chi connectivity index (χ2v) is 6.84. The van der Waals surface area contributed by atoms with Crippen LogP contribution in [0, 0.1) is 0 Å². The number of rotatable bonds is 4. The maximum Gasteiger partial charge on any atom is 0.241 e. The van der Waals surface area contributed by atoms with Gasteiger partial charge in [-0.05, 0) is 11.1 Å². The molecule has 100 valence electrons. The average molecular weight is 276 g/mol. The summed E-state index contributed by atoms with van der Waals surface area (Å²) in [4.78, 5) is 10.3. The highest BCUT2D eigenvalue weighted by Gasteiger charge is 2.36. The molecular weight excluding hydrogens is 259 g/mol. The molecular formula is C14H17N2O2P. The fraction of sp³-hybridized carbons (Fsp3) is 0.143. The number of benzene rings is 2. The first-order valence-corrected chi connectivity index (χ1v) is 7.76. The van der Waals surface area contributed by atoms with Crippen molar-refractivity contribution in [1.82, 2.24) is 0 Å². The molecule has 0 heterocycles. The Kier molecular flexibility index (Phi) is 4.17. The zero-order chi connectivity index (χ0) is 13.9. The molecule has 0 saturated carbocycles. The molecule has 0 aliphatic rings. The Morgan fingerprint density at radius 2 is 1.11 bits per heavy atom. The molecule has 0 radical (unpaired) electrons. The van der Waals surface area contributed by atoms with Gasteiger partial charge < -0.3 is 16.4 Å². The summed E-state index contributed by atoms with van der Waals surface area (Å²) in [6.07, 6.45) is 0. The van der Waals surface area contributed by atoms with E-state index in [9.17, 15) is 9.46 Å². The molecule has 0 unspecified atom stereocenters. The first kappa shape index (κ1) is 14.0. The van der Waals surface area contributed by atoms with Gasteiger partial charge in [-0.1, -0.05) is 60.7 Å². The molecule has 0 fully saturated rings. The van der Waals surface area contributed by atoms with E-state index in [1.807, 2.05) is 12.1 Å². The summed E-state index contributed by atoms with van der Waals surface area (Å²) in [5.74, 6) is -1.96. The Bertz CT molecular complexity index is 525. The maximum atomic E-state index is 12.5. The van der Waals surface area contributed by atoms with Crippen LogP contribution in [0.3, 0.4) is 0 Å². The summed E-state index contributed by atoms with van der Waals surface area (Å²) >= 11 is 0. The van der Waals surface area contributed by atoms with E-state index in [4.69, 9.17) is 11.5 Å². The van der Waals surface area contributed by atoms with Crippen LogP contribution in [0.25, 0.3) is 0 Å². The van der Waals surface area contributed by atoms with Gasteiger partial charge in [0.25, 0.3) is 0 Å². The van der Waals surface area contributed by atoms with E-state index >= 15 is 0 Å². The summed E-state index contributed by atoms with van der Waals surface area (Å²) in [6.45, 7) is 0.